The van der Waals surface area contributed by atoms with Crippen molar-refractivity contribution in [2.24, 2.45) is 0 Å². The summed E-state index contributed by atoms with van der Waals surface area (Å²) in [7, 11) is -6.46. The average molecular weight is 519 g/mol. The molecule has 188 valence electrons. The monoisotopic (exact) mass is 518 g/mol. The standard InChI is InChI=1S/C20H38N2O8Si3/c1-31(2,15-7-13-21-17(23)9-11-19(25)26)29-33(5,6)30-32(3,4)16-8-14-22-18(24)10-12-20(27)28/h9-12H,7-8,13-16H2,1-6H3,(H,21,23)(H,22,24)(H,25,26)(H,27,28). The predicted octanol–water partition coefficient (Wildman–Crippen LogP) is 2.43. The van der Waals surface area contributed by atoms with Crippen molar-refractivity contribution in [3.8, 4) is 0 Å². The maximum absolute atomic E-state index is 11.5. The Morgan fingerprint density at radius 2 is 1.00 bits per heavy atom. The second-order valence-corrected chi connectivity index (χ2v) is 21.7. The van der Waals surface area contributed by atoms with Gasteiger partial charge in [-0.2, -0.15) is 0 Å². The Morgan fingerprint density at radius 3 is 1.30 bits per heavy atom. The van der Waals surface area contributed by atoms with Gasteiger partial charge in [0.1, 0.15) is 0 Å². The van der Waals surface area contributed by atoms with Gasteiger partial charge in [0.2, 0.25) is 11.8 Å². The van der Waals surface area contributed by atoms with E-state index in [0.29, 0.717) is 13.1 Å². The summed E-state index contributed by atoms with van der Waals surface area (Å²) in [5, 5.41) is 22.4. The predicted molar refractivity (Wildman–Crippen MR) is 133 cm³/mol. The number of carboxylic acids is 2. The third-order valence-electron chi connectivity index (χ3n) is 4.31. The summed E-state index contributed by atoms with van der Waals surface area (Å²) in [6, 6.07) is 1.65. The lowest BCUT2D eigenvalue weighted by molar-refractivity contribution is -0.132. The molecule has 0 aliphatic heterocycles. The van der Waals surface area contributed by atoms with Gasteiger partial charge >= 0.3 is 20.5 Å². The SMILES string of the molecule is C[Si](C)(CCCNC(=O)C=CC(=O)O)O[Si](C)(C)O[Si](C)(C)CCCNC(=O)C=CC(=O)O. The van der Waals surface area contributed by atoms with Gasteiger partial charge in [0.05, 0.1) is 0 Å². The van der Waals surface area contributed by atoms with Gasteiger partial charge in [-0.25, -0.2) is 9.59 Å². The van der Waals surface area contributed by atoms with E-state index in [-0.39, 0.29) is 0 Å². The lowest BCUT2D eigenvalue weighted by Gasteiger charge is -2.38. The molecule has 0 aliphatic carbocycles. The average Bonchev–Trinajstić information content (AvgIpc) is 2.63. The van der Waals surface area contributed by atoms with Crippen molar-refractivity contribution in [1.29, 1.82) is 0 Å². The van der Waals surface area contributed by atoms with Crippen molar-refractivity contribution in [2.45, 2.75) is 64.2 Å². The van der Waals surface area contributed by atoms with E-state index >= 15 is 0 Å². The van der Waals surface area contributed by atoms with E-state index in [4.69, 9.17) is 18.4 Å². The molecule has 0 aromatic carbocycles. The molecule has 0 aromatic rings. The number of aliphatic carboxylic acids is 2. The van der Waals surface area contributed by atoms with E-state index in [9.17, 15) is 19.2 Å². The highest BCUT2D eigenvalue weighted by Crippen LogP contribution is 2.25. The molecule has 0 aromatic heterocycles. The number of amides is 2. The van der Waals surface area contributed by atoms with Gasteiger partial charge in [0, 0.05) is 37.4 Å². The van der Waals surface area contributed by atoms with Crippen LogP contribution in [0.2, 0.25) is 51.4 Å². The van der Waals surface area contributed by atoms with E-state index in [1.54, 1.807) is 0 Å². The maximum atomic E-state index is 11.5. The minimum absolute atomic E-state index is 0.433. The molecule has 4 N–H and O–H groups in total. The molecule has 0 unspecified atom stereocenters. The Hall–Kier alpha value is -2.07. The summed E-state index contributed by atoms with van der Waals surface area (Å²) >= 11 is 0. The summed E-state index contributed by atoms with van der Waals surface area (Å²) in [6.07, 6.45) is 5.06. The number of nitrogens with one attached hydrogen (secondary N) is 2. The number of carbonyl (C=O) groups is 4. The van der Waals surface area contributed by atoms with Crippen molar-refractivity contribution >= 4 is 48.9 Å². The Morgan fingerprint density at radius 1 is 0.667 bits per heavy atom. The van der Waals surface area contributed by atoms with Gasteiger partial charge in [0.25, 0.3) is 0 Å². The van der Waals surface area contributed by atoms with Crippen LogP contribution in [-0.2, 0) is 27.4 Å². The Kier molecular flexibility index (Phi) is 13.4. The Balaban J connectivity index is 4.43. The molecule has 33 heavy (non-hydrogen) atoms. The minimum atomic E-state index is -2.39. The van der Waals surface area contributed by atoms with Crippen LogP contribution in [0.4, 0.5) is 0 Å². The first-order valence-electron chi connectivity index (χ1n) is 10.8. The van der Waals surface area contributed by atoms with Gasteiger partial charge in [-0.15, -0.1) is 0 Å². The summed E-state index contributed by atoms with van der Waals surface area (Å²) in [4.78, 5) is 43.9. The van der Waals surface area contributed by atoms with Crippen LogP contribution in [0.1, 0.15) is 12.8 Å². The lowest BCUT2D eigenvalue weighted by Crippen LogP contribution is -2.52. The van der Waals surface area contributed by atoms with E-state index < -0.39 is 48.9 Å². The van der Waals surface area contributed by atoms with Gasteiger partial charge in [0.15, 0.2) is 16.6 Å². The number of hydrogen-bond donors (Lipinski definition) is 4. The van der Waals surface area contributed by atoms with Crippen LogP contribution in [-0.4, -0.2) is 72.3 Å². The van der Waals surface area contributed by atoms with Gasteiger partial charge in [-0.1, -0.05) is 0 Å². The van der Waals surface area contributed by atoms with Crippen molar-refractivity contribution in [2.75, 3.05) is 13.1 Å². The zero-order valence-electron chi connectivity index (χ0n) is 20.4. The van der Waals surface area contributed by atoms with Crippen LogP contribution in [0.15, 0.2) is 24.3 Å². The fraction of sp³-hybridized carbons (Fsp3) is 0.600. The smallest absolute Gasteiger partial charge is 0.328 e. The molecule has 0 heterocycles. The zero-order valence-corrected chi connectivity index (χ0v) is 23.4. The van der Waals surface area contributed by atoms with Crippen LogP contribution in [0.3, 0.4) is 0 Å². The fourth-order valence-corrected chi connectivity index (χ4v) is 17.4. The quantitative estimate of drug-likeness (QED) is 0.138. The minimum Gasteiger partial charge on any atom is -0.478 e. The Bertz CT molecular complexity index is 692. The number of rotatable bonds is 16. The first-order chi connectivity index (χ1) is 15.0. The van der Waals surface area contributed by atoms with Crippen LogP contribution in [0.5, 0.6) is 0 Å². The van der Waals surface area contributed by atoms with Crippen molar-refractivity contribution in [3.63, 3.8) is 0 Å². The lowest BCUT2D eigenvalue weighted by atomic mass is 10.4. The summed E-state index contributed by atoms with van der Waals surface area (Å²) in [6.45, 7) is 13.4. The molecule has 2 amide bonds. The molecule has 0 spiro atoms. The molecular weight excluding hydrogens is 480 g/mol. The number of carboxylic acid groups (broad SMARTS) is 2. The normalized spacial score (nSPS) is 12.8. The molecule has 0 fully saturated rings. The van der Waals surface area contributed by atoms with E-state index in [2.05, 4.69) is 36.8 Å². The Labute approximate surface area is 198 Å². The third-order valence-corrected chi connectivity index (χ3v) is 15.8. The number of hydrogen-bond acceptors (Lipinski definition) is 6. The van der Waals surface area contributed by atoms with Crippen molar-refractivity contribution < 1.29 is 37.6 Å². The first kappa shape index (κ1) is 30.9. The van der Waals surface area contributed by atoms with E-state index in [1.807, 2.05) is 13.1 Å². The third kappa shape index (κ3) is 18.1. The second-order valence-electron chi connectivity index (χ2n) is 9.26. The van der Waals surface area contributed by atoms with Crippen LogP contribution >= 0.6 is 0 Å². The van der Waals surface area contributed by atoms with Crippen molar-refractivity contribution in [1.82, 2.24) is 10.6 Å². The summed E-state index contributed by atoms with van der Waals surface area (Å²) in [5.74, 6) is -3.19. The van der Waals surface area contributed by atoms with E-state index in [0.717, 1.165) is 49.2 Å². The van der Waals surface area contributed by atoms with Gasteiger partial charge in [-0.3, -0.25) is 9.59 Å². The summed E-state index contributed by atoms with van der Waals surface area (Å²) in [5.41, 5.74) is 0. The molecule has 0 aliphatic rings. The first-order valence-corrected chi connectivity index (χ1v) is 19.9. The zero-order chi connectivity index (χ0) is 25.7. The van der Waals surface area contributed by atoms with Gasteiger partial charge < -0.3 is 29.1 Å². The molecule has 0 rings (SSSR count). The van der Waals surface area contributed by atoms with Crippen LogP contribution in [0, 0.1) is 0 Å². The molecule has 10 nitrogen and oxygen atoms in total. The fourth-order valence-electron chi connectivity index (χ4n) is 3.32. The molecule has 0 radical (unpaired) electrons. The second kappa shape index (κ2) is 14.2. The molecule has 0 atom stereocenters. The van der Waals surface area contributed by atoms with Crippen LogP contribution in [0.25, 0.3) is 0 Å². The highest BCUT2D eigenvalue weighted by atomic mass is 28.5. The van der Waals surface area contributed by atoms with Crippen molar-refractivity contribution in [3.05, 3.63) is 24.3 Å². The highest BCUT2D eigenvalue weighted by molar-refractivity contribution is 6.87. The summed E-state index contributed by atoms with van der Waals surface area (Å²) < 4.78 is 13.0. The highest BCUT2D eigenvalue weighted by Gasteiger charge is 2.39. The molecule has 0 saturated heterocycles. The number of carbonyl (C=O) groups excluding carboxylic acids is 2. The molecule has 0 saturated carbocycles. The van der Waals surface area contributed by atoms with Gasteiger partial charge in [-0.05, 0) is 64.2 Å². The molecule has 0 bridgehead atoms. The van der Waals surface area contributed by atoms with E-state index in [1.165, 1.54) is 0 Å². The van der Waals surface area contributed by atoms with Crippen LogP contribution < -0.4 is 10.6 Å². The largest absolute Gasteiger partial charge is 0.478 e. The maximum Gasteiger partial charge on any atom is 0.328 e. The molecule has 13 heteroatoms. The topological polar surface area (TPSA) is 151 Å². The molecular formula is C20H38N2O8Si3.